The molecule has 0 saturated carbocycles. The first-order chi connectivity index (χ1) is 22.8. The number of aromatic nitrogens is 3. The first-order valence-electron chi connectivity index (χ1n) is 15.3. The minimum absolute atomic E-state index is 0.199. The van der Waals surface area contributed by atoms with Crippen molar-refractivity contribution in [2.75, 3.05) is 0 Å². The number of nitrogens with zero attached hydrogens (tertiary/aromatic N) is 3. The molecule has 0 spiro atoms. The van der Waals surface area contributed by atoms with Crippen LogP contribution in [0.1, 0.15) is 0 Å². The molecule has 10 aromatic rings. The van der Waals surface area contributed by atoms with Gasteiger partial charge < -0.3 is 0 Å². The average molecular weight is 653 g/mol. The quantitative estimate of drug-likeness (QED) is 0.141. The Balaban J connectivity index is 1.22. The SMILES string of the molecule is c1ccc(-c2nc(-c3ccc4[se]c5c(ccc6ccc7ccccc7c65)c4c3)nc(-c3cccc4oc5ccccc5c34)n2)cc1. The average Bonchev–Trinajstić information content (AvgIpc) is 3.70. The zero-order chi connectivity index (χ0) is 30.2. The molecule has 5 heteroatoms. The van der Waals surface area contributed by atoms with E-state index in [9.17, 15) is 0 Å². The Kier molecular flexibility index (Phi) is 5.56. The van der Waals surface area contributed by atoms with Gasteiger partial charge in [0.1, 0.15) is 0 Å². The molecule has 0 N–H and O–H groups in total. The van der Waals surface area contributed by atoms with E-state index in [1.807, 2.05) is 60.7 Å². The molecule has 46 heavy (non-hydrogen) atoms. The molecule has 3 heterocycles. The Morgan fingerprint density at radius 2 is 1.15 bits per heavy atom. The van der Waals surface area contributed by atoms with Crippen molar-refractivity contribution in [3.63, 3.8) is 0 Å². The fraction of sp³-hybridized carbons (Fsp3) is 0. The van der Waals surface area contributed by atoms with Gasteiger partial charge in [0.15, 0.2) is 0 Å². The molecule has 214 valence electrons. The van der Waals surface area contributed by atoms with E-state index in [4.69, 9.17) is 19.4 Å². The Labute approximate surface area is 269 Å². The molecule has 0 unspecified atom stereocenters. The van der Waals surface area contributed by atoms with Gasteiger partial charge in [-0.2, -0.15) is 0 Å². The number of para-hydroxylation sites is 1. The number of furan rings is 1. The molecule has 0 aliphatic rings. The molecule has 0 bridgehead atoms. The molecule has 3 aromatic heterocycles. The molecule has 0 aliphatic heterocycles. The van der Waals surface area contributed by atoms with Crippen LogP contribution in [0.15, 0.2) is 144 Å². The van der Waals surface area contributed by atoms with Gasteiger partial charge in [0, 0.05) is 0 Å². The van der Waals surface area contributed by atoms with Crippen LogP contribution in [0.5, 0.6) is 0 Å². The van der Waals surface area contributed by atoms with Crippen LogP contribution in [-0.2, 0) is 0 Å². The maximum atomic E-state index is 6.22. The Hall–Kier alpha value is -5.61. The van der Waals surface area contributed by atoms with Crippen molar-refractivity contribution in [2.24, 2.45) is 0 Å². The van der Waals surface area contributed by atoms with Crippen molar-refractivity contribution < 1.29 is 4.42 Å². The zero-order valence-electron chi connectivity index (χ0n) is 24.4. The van der Waals surface area contributed by atoms with Gasteiger partial charge in [0.25, 0.3) is 0 Å². The molecular formula is C41H23N3OSe. The van der Waals surface area contributed by atoms with E-state index >= 15 is 0 Å². The normalized spacial score (nSPS) is 11.9. The topological polar surface area (TPSA) is 51.8 Å². The number of hydrogen-bond donors (Lipinski definition) is 0. The summed E-state index contributed by atoms with van der Waals surface area (Å²) in [6.45, 7) is 0. The fourth-order valence-corrected chi connectivity index (χ4v) is 9.39. The van der Waals surface area contributed by atoms with E-state index in [-0.39, 0.29) is 14.5 Å². The van der Waals surface area contributed by atoms with Gasteiger partial charge in [-0.15, -0.1) is 0 Å². The molecule has 0 atom stereocenters. The second-order valence-corrected chi connectivity index (χ2v) is 13.8. The minimum atomic E-state index is 0.199. The predicted molar refractivity (Wildman–Crippen MR) is 190 cm³/mol. The zero-order valence-corrected chi connectivity index (χ0v) is 26.2. The second-order valence-electron chi connectivity index (χ2n) is 11.6. The van der Waals surface area contributed by atoms with E-state index < -0.39 is 0 Å². The van der Waals surface area contributed by atoms with Gasteiger partial charge in [0.2, 0.25) is 0 Å². The van der Waals surface area contributed by atoms with Gasteiger partial charge in [-0.3, -0.25) is 0 Å². The van der Waals surface area contributed by atoms with Crippen LogP contribution in [0.4, 0.5) is 0 Å². The molecule has 0 fully saturated rings. The summed E-state index contributed by atoms with van der Waals surface area (Å²) in [6, 6.07) is 48.9. The third-order valence-electron chi connectivity index (χ3n) is 8.91. The molecule has 0 amide bonds. The van der Waals surface area contributed by atoms with Gasteiger partial charge in [-0.25, -0.2) is 0 Å². The van der Waals surface area contributed by atoms with E-state index in [2.05, 4.69) is 78.9 Å². The van der Waals surface area contributed by atoms with Gasteiger partial charge in [-0.1, -0.05) is 6.07 Å². The van der Waals surface area contributed by atoms with Crippen molar-refractivity contribution >= 4 is 77.3 Å². The standard InChI is InChI=1S/C41H23N3OSe/c1-2-10-26(11-3-1)39-42-40(44-41(43-39)31-14-8-16-34-37(31)30-13-6-7-15-33(30)45-34)27-20-22-35-32(23-27)29-21-19-25-18-17-24-9-4-5-12-28(24)36(25)38(29)46-35/h1-23H. The van der Waals surface area contributed by atoms with Crippen LogP contribution in [0.2, 0.25) is 0 Å². The monoisotopic (exact) mass is 653 g/mol. The third kappa shape index (κ3) is 3.89. The maximum absolute atomic E-state index is 6.22. The summed E-state index contributed by atoms with van der Waals surface area (Å²) >= 11 is 0.199. The van der Waals surface area contributed by atoms with E-state index in [1.165, 1.54) is 40.8 Å². The summed E-state index contributed by atoms with van der Waals surface area (Å²) in [5.41, 5.74) is 4.52. The second kappa shape index (κ2) is 9.95. The summed E-state index contributed by atoms with van der Waals surface area (Å²) in [4.78, 5) is 15.3. The van der Waals surface area contributed by atoms with Gasteiger partial charge in [-0.05, 0) is 0 Å². The molecule has 0 aliphatic carbocycles. The van der Waals surface area contributed by atoms with Gasteiger partial charge >= 0.3 is 264 Å². The van der Waals surface area contributed by atoms with Crippen LogP contribution in [0.25, 0.3) is 96.9 Å². The molecule has 0 saturated heterocycles. The third-order valence-corrected chi connectivity index (χ3v) is 11.4. The molecular weight excluding hydrogens is 629 g/mol. The Morgan fingerprint density at radius 3 is 2.07 bits per heavy atom. The van der Waals surface area contributed by atoms with Crippen molar-refractivity contribution in [3.8, 4) is 34.2 Å². The predicted octanol–water partition coefficient (Wildman–Crippen LogP) is 10.4. The van der Waals surface area contributed by atoms with Crippen LogP contribution < -0.4 is 0 Å². The Bertz CT molecular complexity index is 2820. The molecule has 0 radical (unpaired) electrons. The van der Waals surface area contributed by atoms with Crippen molar-refractivity contribution in [2.45, 2.75) is 0 Å². The summed E-state index contributed by atoms with van der Waals surface area (Å²) in [5.74, 6) is 1.93. The van der Waals surface area contributed by atoms with Crippen molar-refractivity contribution in [3.05, 3.63) is 140 Å². The van der Waals surface area contributed by atoms with Crippen molar-refractivity contribution in [1.82, 2.24) is 15.0 Å². The summed E-state index contributed by atoms with van der Waals surface area (Å²) in [5, 5.41) is 9.92. The number of fused-ring (bicyclic) bond motifs is 10. The Morgan fingerprint density at radius 1 is 0.435 bits per heavy atom. The molecule has 7 aromatic carbocycles. The number of benzene rings is 7. The van der Waals surface area contributed by atoms with Crippen LogP contribution >= 0.6 is 0 Å². The van der Waals surface area contributed by atoms with Crippen LogP contribution in [-0.4, -0.2) is 29.5 Å². The first-order valence-corrected chi connectivity index (χ1v) is 17.0. The van der Waals surface area contributed by atoms with Crippen LogP contribution in [0.3, 0.4) is 0 Å². The van der Waals surface area contributed by atoms with E-state index in [0.717, 1.165) is 38.6 Å². The summed E-state index contributed by atoms with van der Waals surface area (Å²) < 4.78 is 9.06. The fourth-order valence-electron chi connectivity index (χ4n) is 6.76. The van der Waals surface area contributed by atoms with E-state index in [0.29, 0.717) is 17.5 Å². The molecule has 4 nitrogen and oxygen atoms in total. The van der Waals surface area contributed by atoms with Gasteiger partial charge in [0.05, 0.1) is 0 Å². The van der Waals surface area contributed by atoms with Crippen LogP contribution in [0, 0.1) is 0 Å². The van der Waals surface area contributed by atoms with E-state index in [1.54, 1.807) is 0 Å². The molecule has 10 rings (SSSR count). The number of hydrogen-bond acceptors (Lipinski definition) is 4. The summed E-state index contributed by atoms with van der Waals surface area (Å²) in [7, 11) is 0. The number of rotatable bonds is 3. The first kappa shape index (κ1) is 25.7. The van der Waals surface area contributed by atoms with Crippen molar-refractivity contribution in [1.29, 1.82) is 0 Å². The summed E-state index contributed by atoms with van der Waals surface area (Å²) in [6.07, 6.45) is 0.